The number of hydrogen-bond donors (Lipinski definition) is 2. The maximum Gasteiger partial charge on any atom is 0.246 e. The zero-order chi connectivity index (χ0) is 34.8. The molecule has 1 aliphatic heterocycles. The van der Waals surface area contributed by atoms with Gasteiger partial charge in [-0.05, 0) is 100 Å². The van der Waals surface area contributed by atoms with Gasteiger partial charge in [-0.1, -0.05) is 60.7 Å². The predicted octanol–water partition coefficient (Wildman–Crippen LogP) is 4.96. The summed E-state index contributed by atoms with van der Waals surface area (Å²) < 4.78 is 13.8. The highest BCUT2D eigenvalue weighted by molar-refractivity contribution is 5.95. The lowest BCUT2D eigenvalue weighted by Gasteiger charge is -2.34. The van der Waals surface area contributed by atoms with Crippen molar-refractivity contribution >= 4 is 28.5 Å². The van der Waals surface area contributed by atoms with Crippen LogP contribution in [0.1, 0.15) is 50.7 Å². The molecule has 1 aliphatic rings. The third-order valence-electron chi connectivity index (χ3n) is 9.82. The molecule has 48 heavy (non-hydrogen) atoms. The summed E-state index contributed by atoms with van der Waals surface area (Å²) in [6.45, 7) is 5.63. The number of amides is 3. The van der Waals surface area contributed by atoms with Crippen LogP contribution in [-0.2, 0) is 27.2 Å². The van der Waals surface area contributed by atoms with Crippen LogP contribution in [0.2, 0.25) is 0 Å². The zero-order valence-corrected chi connectivity index (χ0v) is 29.3. The van der Waals surface area contributed by atoms with Crippen LogP contribution in [0.25, 0.3) is 10.8 Å². The minimum Gasteiger partial charge on any atom is -0.354 e. The molecule has 1 fully saturated rings. The summed E-state index contributed by atoms with van der Waals surface area (Å²) in [5.41, 5.74) is 1.45. The van der Waals surface area contributed by atoms with E-state index >= 15 is 0 Å². The van der Waals surface area contributed by atoms with E-state index in [2.05, 4.69) is 22.6 Å². The first-order valence-corrected chi connectivity index (χ1v) is 17.0. The lowest BCUT2D eigenvalue weighted by atomic mass is 9.98. The van der Waals surface area contributed by atoms with E-state index in [9.17, 15) is 18.8 Å². The first kappa shape index (κ1) is 36.8. The highest BCUT2D eigenvalue weighted by Crippen LogP contribution is 2.21. The Kier molecular flexibility index (Phi) is 12.9. The maximum atomic E-state index is 14.5. The molecule has 0 aliphatic carbocycles. The molecule has 0 aromatic heterocycles. The van der Waals surface area contributed by atoms with Crippen molar-refractivity contribution in [2.45, 2.75) is 76.0 Å². The largest absolute Gasteiger partial charge is 0.354 e. The molecule has 3 atom stereocenters. The van der Waals surface area contributed by atoms with Gasteiger partial charge < -0.3 is 25.3 Å². The highest BCUT2D eigenvalue weighted by Gasteiger charge is 2.35. The normalized spacial score (nSPS) is 16.6. The summed E-state index contributed by atoms with van der Waals surface area (Å²) in [7, 11) is 7.24. The van der Waals surface area contributed by atoms with Gasteiger partial charge in [0.1, 0.15) is 17.9 Å². The van der Waals surface area contributed by atoms with E-state index in [0.29, 0.717) is 19.0 Å². The van der Waals surface area contributed by atoms with Crippen molar-refractivity contribution < 1.29 is 18.8 Å². The fourth-order valence-electron chi connectivity index (χ4n) is 6.27. The van der Waals surface area contributed by atoms with Gasteiger partial charge in [-0.15, -0.1) is 0 Å². The second-order valence-electron chi connectivity index (χ2n) is 13.7. The molecule has 2 N–H and O–H groups in total. The number of likely N-dealkylation sites (N-methyl/N-ethyl adjacent to an activating group) is 2. The third-order valence-corrected chi connectivity index (χ3v) is 9.82. The van der Waals surface area contributed by atoms with Gasteiger partial charge in [0.05, 0.1) is 0 Å². The topological polar surface area (TPSA) is 85.0 Å². The highest BCUT2D eigenvalue weighted by atomic mass is 19.1. The molecule has 3 aromatic carbocycles. The first-order chi connectivity index (χ1) is 22.9. The van der Waals surface area contributed by atoms with E-state index in [4.69, 9.17) is 0 Å². The Balaban J connectivity index is 1.60. The van der Waals surface area contributed by atoms with Crippen LogP contribution >= 0.6 is 0 Å². The number of carbonyl (C=O) groups excluding carboxylic acids is 3. The number of hydrogen-bond acceptors (Lipinski definition) is 5. The van der Waals surface area contributed by atoms with Crippen LogP contribution in [0.3, 0.4) is 0 Å². The summed E-state index contributed by atoms with van der Waals surface area (Å²) >= 11 is 0. The Morgan fingerprint density at radius 2 is 1.62 bits per heavy atom. The van der Waals surface area contributed by atoms with Crippen molar-refractivity contribution in [1.29, 1.82) is 0 Å². The molecule has 1 saturated heterocycles. The molecular weight excluding hydrogens is 605 g/mol. The molecule has 3 aromatic rings. The SMILES string of the molecule is CNC(C)(C)CC=CC(=O)N(C)[C@H](Cc1ccc2ccccc2c1)C(=O)N(C)[C@H](Cc1ccc(F)cc1)C(=O)NCCC1CCCN1C. The van der Waals surface area contributed by atoms with Crippen molar-refractivity contribution in [3.63, 3.8) is 0 Å². The summed E-state index contributed by atoms with van der Waals surface area (Å²) in [6, 6.07) is 18.7. The van der Waals surface area contributed by atoms with E-state index in [-0.39, 0.29) is 41.9 Å². The lowest BCUT2D eigenvalue weighted by molar-refractivity contribution is -0.146. The average molecular weight is 658 g/mol. The maximum absolute atomic E-state index is 14.5. The number of nitrogens with one attached hydrogen (secondary N) is 2. The van der Waals surface area contributed by atoms with Crippen LogP contribution in [-0.4, -0.2) is 97.4 Å². The van der Waals surface area contributed by atoms with Crippen LogP contribution in [0.5, 0.6) is 0 Å². The molecule has 3 amide bonds. The molecule has 1 unspecified atom stereocenters. The second kappa shape index (κ2) is 16.8. The number of nitrogens with zero attached hydrogens (tertiary/aromatic N) is 3. The molecule has 258 valence electrons. The standard InChI is InChI=1S/C39H52FN5O3/c1-39(2,41-3)22-9-14-36(46)44(5)35(27-29-15-18-30-11-7-8-12-31(30)25-29)38(48)45(6)34(26-28-16-19-32(40)20-17-28)37(47)42-23-21-33-13-10-24-43(33)4/h7-9,11-12,14-20,25,33-35,41H,10,13,21-24,26-27H2,1-6H3,(H,42,47)/t33?,34-,35-/m1/s1. The predicted molar refractivity (Wildman–Crippen MR) is 191 cm³/mol. The monoisotopic (exact) mass is 657 g/mol. The fraction of sp³-hybridized carbons (Fsp3) is 0.462. The van der Waals surface area contributed by atoms with Crippen molar-refractivity contribution in [2.24, 2.45) is 0 Å². The van der Waals surface area contributed by atoms with Gasteiger partial charge in [-0.25, -0.2) is 4.39 Å². The number of carbonyl (C=O) groups is 3. The van der Waals surface area contributed by atoms with Crippen molar-refractivity contribution in [2.75, 3.05) is 41.3 Å². The quantitative estimate of drug-likeness (QED) is 0.226. The summed E-state index contributed by atoms with van der Waals surface area (Å²) in [4.78, 5) is 47.1. The van der Waals surface area contributed by atoms with Gasteiger partial charge in [-0.3, -0.25) is 14.4 Å². The Hall–Kier alpha value is -4.08. The molecule has 4 rings (SSSR count). The third kappa shape index (κ3) is 9.97. The second-order valence-corrected chi connectivity index (χ2v) is 13.7. The number of fused-ring (bicyclic) bond motifs is 1. The summed E-state index contributed by atoms with van der Waals surface area (Å²) in [5, 5.41) is 8.43. The Bertz CT molecular complexity index is 1570. The number of likely N-dealkylation sites (tertiary alicyclic amines) is 1. The molecule has 0 radical (unpaired) electrons. The molecule has 8 nitrogen and oxygen atoms in total. The molecular formula is C39H52FN5O3. The van der Waals surface area contributed by atoms with Crippen molar-refractivity contribution in [3.05, 3.63) is 95.8 Å². The Labute approximate surface area is 285 Å². The number of benzene rings is 3. The van der Waals surface area contributed by atoms with E-state index in [1.807, 2.05) is 69.4 Å². The summed E-state index contributed by atoms with van der Waals surface area (Å²) in [6.07, 6.45) is 7.51. The van der Waals surface area contributed by atoms with Crippen LogP contribution in [0.15, 0.2) is 78.9 Å². The average Bonchev–Trinajstić information content (AvgIpc) is 3.49. The van der Waals surface area contributed by atoms with Gasteiger partial charge in [0, 0.05) is 45.1 Å². The minimum absolute atomic E-state index is 0.190. The number of halogens is 1. The van der Waals surface area contributed by atoms with E-state index in [0.717, 1.165) is 47.7 Å². The number of rotatable bonds is 15. The van der Waals surface area contributed by atoms with E-state index in [1.54, 1.807) is 26.2 Å². The van der Waals surface area contributed by atoms with Gasteiger partial charge in [0.2, 0.25) is 17.7 Å². The van der Waals surface area contributed by atoms with Crippen LogP contribution < -0.4 is 10.6 Å². The van der Waals surface area contributed by atoms with E-state index in [1.165, 1.54) is 28.0 Å². The smallest absolute Gasteiger partial charge is 0.246 e. The molecule has 9 heteroatoms. The van der Waals surface area contributed by atoms with Gasteiger partial charge in [0.25, 0.3) is 0 Å². The Morgan fingerprint density at radius 3 is 2.29 bits per heavy atom. The van der Waals surface area contributed by atoms with Crippen molar-refractivity contribution in [3.8, 4) is 0 Å². The van der Waals surface area contributed by atoms with Gasteiger partial charge >= 0.3 is 0 Å². The fourth-order valence-corrected chi connectivity index (χ4v) is 6.27. The molecule has 0 spiro atoms. The Morgan fingerprint density at radius 1 is 0.958 bits per heavy atom. The minimum atomic E-state index is -0.874. The zero-order valence-electron chi connectivity index (χ0n) is 29.3. The summed E-state index contributed by atoms with van der Waals surface area (Å²) in [5.74, 6) is -1.29. The van der Waals surface area contributed by atoms with Gasteiger partial charge in [0.15, 0.2) is 0 Å². The van der Waals surface area contributed by atoms with Gasteiger partial charge in [-0.2, -0.15) is 0 Å². The van der Waals surface area contributed by atoms with Crippen LogP contribution in [0, 0.1) is 5.82 Å². The van der Waals surface area contributed by atoms with Crippen molar-refractivity contribution in [1.82, 2.24) is 25.3 Å². The van der Waals surface area contributed by atoms with Crippen LogP contribution in [0.4, 0.5) is 4.39 Å². The lowest BCUT2D eigenvalue weighted by Crippen LogP contribution is -2.56. The van der Waals surface area contributed by atoms with E-state index < -0.39 is 12.1 Å². The first-order valence-electron chi connectivity index (χ1n) is 17.0. The molecule has 1 heterocycles. The molecule has 0 bridgehead atoms. The molecule has 0 saturated carbocycles.